The van der Waals surface area contributed by atoms with Crippen molar-refractivity contribution in [2.75, 3.05) is 37.8 Å². The number of aromatic nitrogens is 24. The molecule has 30 heteroatoms. The molecule has 1 aliphatic rings. The fraction of sp³-hybridized carbons (Fsp3) is 0.133. The molecular weight excluding hydrogens is 1780 g/mol. The van der Waals surface area contributed by atoms with E-state index in [1.165, 1.54) is 37.1 Å². The second kappa shape index (κ2) is 40.0. The maximum atomic E-state index is 12.2. The highest BCUT2D eigenvalue weighted by atomic mass is 16.2. The number of imidazole rings is 4. The zero-order valence-electron chi connectivity index (χ0n) is 78.8. The number of carbonyl (C=O) groups excluding carboxylic acids is 2. The summed E-state index contributed by atoms with van der Waals surface area (Å²) in [6.45, 7) is 9.94. The number of nitrogens with one attached hydrogen (secondary N) is 10. The Labute approximate surface area is 819 Å². The molecule has 0 atom stereocenters. The van der Waals surface area contributed by atoms with E-state index in [0.717, 1.165) is 238 Å². The van der Waals surface area contributed by atoms with E-state index in [4.69, 9.17) is 19.9 Å². The maximum Gasteiger partial charge on any atom is 0.226 e. The van der Waals surface area contributed by atoms with Gasteiger partial charge in [0.1, 0.15) is 22.8 Å². The molecule has 24 aromatic rings. The van der Waals surface area contributed by atoms with Crippen LogP contribution in [0.15, 0.2) is 317 Å². The van der Waals surface area contributed by atoms with Crippen LogP contribution in [0.3, 0.4) is 0 Å². The van der Waals surface area contributed by atoms with Crippen LogP contribution in [0, 0.1) is 5.92 Å². The minimum absolute atomic E-state index is 0.00308. The molecule has 0 radical (unpaired) electrons. The van der Waals surface area contributed by atoms with Gasteiger partial charge in [0.25, 0.3) is 0 Å². The van der Waals surface area contributed by atoms with Crippen molar-refractivity contribution in [2.24, 2.45) is 5.92 Å². The van der Waals surface area contributed by atoms with Crippen molar-refractivity contribution in [1.82, 2.24) is 130 Å². The fourth-order valence-corrected chi connectivity index (χ4v) is 18.2. The summed E-state index contributed by atoms with van der Waals surface area (Å²) in [5.74, 6) is 2.66. The van der Waals surface area contributed by atoms with Gasteiger partial charge in [0.15, 0.2) is 23.3 Å². The number of hydrogen-bond acceptors (Lipinski definition) is 20. The molecule has 0 aliphatic carbocycles. The highest BCUT2D eigenvalue weighted by molar-refractivity contribution is 6.04. The highest BCUT2D eigenvalue weighted by Gasteiger charge is 2.25. The fourth-order valence-electron chi connectivity index (χ4n) is 18.2. The van der Waals surface area contributed by atoms with Gasteiger partial charge in [0.2, 0.25) is 11.8 Å². The molecular formula is C113H96N28O2. The van der Waals surface area contributed by atoms with E-state index in [1.54, 1.807) is 49.6 Å². The number of H-pyrrole nitrogens is 8. The van der Waals surface area contributed by atoms with E-state index < -0.39 is 0 Å². The third-order valence-corrected chi connectivity index (χ3v) is 25.3. The summed E-state index contributed by atoms with van der Waals surface area (Å²) in [5, 5.41) is 40.7. The molecule has 0 saturated carbocycles. The van der Waals surface area contributed by atoms with E-state index in [1.807, 2.05) is 215 Å². The summed E-state index contributed by atoms with van der Waals surface area (Å²) in [4.78, 5) is 98.1. The lowest BCUT2D eigenvalue weighted by molar-refractivity contribution is -0.119. The van der Waals surface area contributed by atoms with Crippen LogP contribution in [-0.4, -0.2) is 169 Å². The average molecular weight is 1880 g/mol. The number of benzene rings is 8. The highest BCUT2D eigenvalue weighted by Crippen LogP contribution is 2.41. The number of aromatic amines is 8. The molecule has 700 valence electrons. The number of nitrogens with zero attached hydrogens (tertiary/aromatic N) is 18. The van der Waals surface area contributed by atoms with Crippen LogP contribution in [0.5, 0.6) is 0 Å². The van der Waals surface area contributed by atoms with Gasteiger partial charge in [-0.05, 0) is 225 Å². The second-order valence-electron chi connectivity index (χ2n) is 35.9. The van der Waals surface area contributed by atoms with Crippen LogP contribution in [0.25, 0.3) is 223 Å². The Morgan fingerprint density at radius 3 is 1.03 bits per heavy atom. The first-order valence-electron chi connectivity index (χ1n) is 47.6. The van der Waals surface area contributed by atoms with Crippen molar-refractivity contribution in [2.45, 2.75) is 66.0 Å². The first-order chi connectivity index (χ1) is 70.2. The lowest BCUT2D eigenvalue weighted by Crippen LogP contribution is -2.18. The number of amides is 2. The molecule has 2 amide bonds. The Bertz CT molecular complexity index is 8750. The van der Waals surface area contributed by atoms with Gasteiger partial charge in [-0.25, -0.2) is 19.9 Å². The molecule has 143 heavy (non-hydrogen) atoms. The van der Waals surface area contributed by atoms with Crippen LogP contribution in [-0.2, 0) is 22.7 Å². The molecule has 0 unspecified atom stereocenters. The minimum Gasteiger partial charge on any atom is -0.337 e. The molecule has 1 saturated heterocycles. The molecule has 25 rings (SSSR count). The molecule has 16 aromatic heterocycles. The molecule has 1 aliphatic heterocycles. The van der Waals surface area contributed by atoms with Gasteiger partial charge < -0.3 is 35.5 Å². The number of carbonyl (C=O) groups is 2. The zero-order valence-corrected chi connectivity index (χ0v) is 78.8. The van der Waals surface area contributed by atoms with Crippen LogP contribution in [0.2, 0.25) is 0 Å². The Morgan fingerprint density at radius 1 is 0.357 bits per heavy atom. The Morgan fingerprint density at radius 2 is 0.692 bits per heavy atom. The van der Waals surface area contributed by atoms with E-state index in [0.29, 0.717) is 29.4 Å². The Kier molecular flexibility index (Phi) is 25.1. The number of anilines is 2. The summed E-state index contributed by atoms with van der Waals surface area (Å²) in [5.41, 5.74) is 33.3. The quantitative estimate of drug-likeness (QED) is 0.0301. The number of unbranched alkanes of at least 4 members (excludes halogenated alkanes) is 1. The summed E-state index contributed by atoms with van der Waals surface area (Å²) in [6, 6.07) is 80.9. The summed E-state index contributed by atoms with van der Waals surface area (Å²) in [7, 11) is 4.12. The van der Waals surface area contributed by atoms with Crippen LogP contribution in [0.4, 0.5) is 11.4 Å². The van der Waals surface area contributed by atoms with Gasteiger partial charge in [0.05, 0.1) is 113 Å². The van der Waals surface area contributed by atoms with Crippen LogP contribution >= 0.6 is 0 Å². The third kappa shape index (κ3) is 19.2. The molecule has 10 N–H and O–H groups in total. The van der Waals surface area contributed by atoms with Gasteiger partial charge >= 0.3 is 0 Å². The second-order valence-corrected chi connectivity index (χ2v) is 35.9. The SMILES string of the molecule is CC(C)C(=O)Nc1cncc(-c2ccc3[nH]nc(-c4nc5c(-c6ccccn6)cccc5[nH]4)c3c2)c1.CCCCC(=O)Nc1cncc(-c2ccc3[nH]nc(-c4nc5c(-c6ccccn6)cccc5[nH]4)c3c2)c1.CN(C)Cc1cncc(-c2ccc3[nH]nc(-c4nc5c(-c6ccccn6)cccc5[nH]4)c3c2)c1.c1ccc(-c2cccc3[nH]c(-c4n[nH]c5ccc(-c6cncc(CN7CCCC7)c6)cc45)nc23)nc1. The summed E-state index contributed by atoms with van der Waals surface area (Å²) < 4.78 is 0. The summed E-state index contributed by atoms with van der Waals surface area (Å²) >= 11 is 0. The maximum absolute atomic E-state index is 12.2. The van der Waals surface area contributed by atoms with Crippen molar-refractivity contribution in [3.63, 3.8) is 0 Å². The van der Waals surface area contributed by atoms with Crippen molar-refractivity contribution in [1.29, 1.82) is 0 Å². The van der Waals surface area contributed by atoms with E-state index >= 15 is 0 Å². The van der Waals surface area contributed by atoms with Gasteiger partial charge in [-0.15, -0.1) is 0 Å². The number of pyridine rings is 8. The molecule has 0 bridgehead atoms. The van der Waals surface area contributed by atoms with E-state index in [-0.39, 0.29) is 17.7 Å². The topological polar surface area (TPSA) is 397 Å². The number of fused-ring (bicyclic) bond motifs is 8. The predicted octanol–water partition coefficient (Wildman–Crippen LogP) is 23.3. The number of rotatable bonds is 22. The van der Waals surface area contributed by atoms with Gasteiger partial charge in [-0.1, -0.05) is 124 Å². The standard InChI is InChI=1S/C29H25N7O.C29H25N7.C28H23N7O.C27H23N7/c1-2-3-10-26(37)32-20-14-19(16-30-17-20)18-11-12-24-22(15-18)28(36-35-24)29-33-25-9-6-7-21(27(25)34-29)23-8-4-5-13-31-23;1-2-11-31-24(7-1)22-6-5-8-26-27(22)33-29(32-26)28-23-15-20(9-10-25(23)34-35-28)21-14-19(16-30-17-21)18-36-12-3-4-13-36;1-16(2)28(36)31-19-12-18(14-29-15-19)17-9-10-23-21(13-17)26(35-34-23)27-32-24-8-5-6-20(25(24)33-27)22-7-3-4-11-30-22;1-34(2)16-17-12-19(15-28-14-17)18-9-10-23-21(13-18)26(33-32-23)27-30-24-8-5-6-20(25(24)31-27)22-7-3-4-11-29-22/h4-9,11-17H,2-3,10H2,1H3,(H,32,37)(H,33,34)(H,35,36);1-2,5-11,14-17H,3-4,12-13,18H2,(H,32,33)(H,34,35);3-16H,1-2H3,(H,31,36)(H,32,33)(H,34,35);3-15H,16H2,1-2H3,(H,30,31)(H,32,33). The van der Waals surface area contributed by atoms with Crippen molar-refractivity contribution >= 4 is 111 Å². The number of likely N-dealkylation sites (tertiary alicyclic amines) is 1. The number of hydrogen-bond donors (Lipinski definition) is 10. The first kappa shape index (κ1) is 89.8. The number of para-hydroxylation sites is 4. The van der Waals surface area contributed by atoms with Gasteiger partial charge in [-0.2, -0.15) is 20.4 Å². The van der Waals surface area contributed by atoms with Crippen molar-refractivity contribution < 1.29 is 9.59 Å². The lowest BCUT2D eigenvalue weighted by Gasteiger charge is -2.14. The smallest absolute Gasteiger partial charge is 0.226 e. The van der Waals surface area contributed by atoms with Crippen LogP contribution in [0.1, 0.15) is 64.0 Å². The first-order valence-corrected chi connectivity index (χ1v) is 47.6. The normalized spacial score (nSPS) is 12.1. The molecule has 0 spiro atoms. The van der Waals surface area contributed by atoms with Crippen molar-refractivity contribution in [3.05, 3.63) is 328 Å². The summed E-state index contributed by atoms with van der Waals surface area (Å²) in [6.07, 6.45) is 26.7. The Balaban J connectivity index is 0.000000109. The molecule has 17 heterocycles. The largest absolute Gasteiger partial charge is 0.337 e. The lowest BCUT2D eigenvalue weighted by atomic mass is 10.0. The molecule has 1 fully saturated rings. The Hall–Kier alpha value is -18.4. The predicted molar refractivity (Wildman–Crippen MR) is 564 cm³/mol. The third-order valence-electron chi connectivity index (χ3n) is 25.3. The molecule has 30 nitrogen and oxygen atoms in total. The molecule has 8 aromatic carbocycles. The zero-order chi connectivity index (χ0) is 96.8. The minimum atomic E-state index is -0.111. The van der Waals surface area contributed by atoms with E-state index in [9.17, 15) is 9.59 Å². The van der Waals surface area contributed by atoms with E-state index in [2.05, 4.69) is 209 Å². The monoisotopic (exact) mass is 1880 g/mol. The van der Waals surface area contributed by atoms with Gasteiger partial charge in [0, 0.05) is 153 Å². The van der Waals surface area contributed by atoms with Gasteiger partial charge in [-0.3, -0.25) is 74.8 Å². The van der Waals surface area contributed by atoms with Crippen LogP contribution < -0.4 is 10.6 Å². The van der Waals surface area contributed by atoms with Crippen molar-refractivity contribution in [3.8, 4) is 136 Å². The average Bonchev–Trinajstić information content (AvgIpc) is 1.62.